The molecule has 208 valence electrons. The van der Waals surface area contributed by atoms with Crippen molar-refractivity contribution >= 4 is 27.5 Å². The minimum absolute atomic E-state index is 0.0387. The van der Waals surface area contributed by atoms with Crippen molar-refractivity contribution in [3.63, 3.8) is 0 Å². The average molecular weight is 557 g/mol. The molecule has 1 amide bonds. The Kier molecular flexibility index (Phi) is 8.38. The number of aliphatic hydroxyl groups is 1. The Morgan fingerprint density at radius 1 is 0.949 bits per heavy atom. The number of likely N-dealkylation sites (tertiary alicyclic amines) is 1. The van der Waals surface area contributed by atoms with E-state index in [1.807, 2.05) is 0 Å². The highest BCUT2D eigenvalue weighted by molar-refractivity contribution is 7.89. The Morgan fingerprint density at radius 3 is 2.26 bits per heavy atom. The van der Waals surface area contributed by atoms with Crippen LogP contribution < -0.4 is 0 Å². The Labute approximate surface area is 227 Å². The molecule has 0 aliphatic carbocycles. The van der Waals surface area contributed by atoms with Gasteiger partial charge in [-0.3, -0.25) is 19.5 Å². The topological polar surface area (TPSA) is 130 Å². The van der Waals surface area contributed by atoms with Crippen LogP contribution in [0.15, 0.2) is 59.3 Å². The first-order valence-electron chi connectivity index (χ1n) is 13.0. The molecule has 1 atom stereocenters. The van der Waals surface area contributed by atoms with Crippen LogP contribution in [0.1, 0.15) is 23.6 Å². The lowest BCUT2D eigenvalue weighted by Gasteiger charge is -2.29. The Hall–Kier alpha value is -3.16. The van der Waals surface area contributed by atoms with Gasteiger partial charge in [0.15, 0.2) is 0 Å². The van der Waals surface area contributed by atoms with Gasteiger partial charge in [-0.15, -0.1) is 0 Å². The molecule has 1 aromatic heterocycles. The molecular formula is C27H32N4O7S. The maximum Gasteiger partial charge on any atom is 0.295 e. The van der Waals surface area contributed by atoms with Crippen molar-refractivity contribution in [1.82, 2.24) is 19.1 Å². The van der Waals surface area contributed by atoms with E-state index in [1.165, 1.54) is 33.5 Å². The summed E-state index contributed by atoms with van der Waals surface area (Å²) in [4.78, 5) is 34.4. The van der Waals surface area contributed by atoms with Crippen LogP contribution in [-0.2, 0) is 29.1 Å². The molecule has 0 radical (unpaired) electrons. The molecule has 39 heavy (non-hydrogen) atoms. The van der Waals surface area contributed by atoms with Crippen molar-refractivity contribution in [3.8, 4) is 0 Å². The lowest BCUT2D eigenvalue weighted by atomic mass is 9.96. The van der Waals surface area contributed by atoms with Gasteiger partial charge in [0.1, 0.15) is 5.76 Å². The first kappa shape index (κ1) is 27.4. The highest BCUT2D eigenvalue weighted by atomic mass is 32.2. The number of ether oxygens (including phenoxy) is 2. The van der Waals surface area contributed by atoms with Crippen molar-refractivity contribution in [2.75, 3.05) is 65.7 Å². The molecular weight excluding hydrogens is 524 g/mol. The number of benzene rings is 1. The molecule has 1 N–H and O–H groups in total. The van der Waals surface area contributed by atoms with Crippen LogP contribution in [0, 0.1) is 0 Å². The second-order valence-electron chi connectivity index (χ2n) is 9.63. The van der Waals surface area contributed by atoms with E-state index in [-0.39, 0.29) is 34.9 Å². The number of ketones is 1. The monoisotopic (exact) mass is 556 g/mol. The van der Waals surface area contributed by atoms with Gasteiger partial charge in [0.2, 0.25) is 10.0 Å². The van der Waals surface area contributed by atoms with E-state index in [9.17, 15) is 23.1 Å². The number of amides is 1. The number of aromatic nitrogens is 1. The molecule has 3 aliphatic rings. The Morgan fingerprint density at radius 2 is 1.62 bits per heavy atom. The van der Waals surface area contributed by atoms with Crippen molar-refractivity contribution in [2.24, 2.45) is 0 Å². The number of nitrogens with zero attached hydrogens (tertiary/aromatic N) is 4. The molecule has 2 aromatic rings. The van der Waals surface area contributed by atoms with E-state index in [4.69, 9.17) is 9.47 Å². The van der Waals surface area contributed by atoms with E-state index < -0.39 is 27.8 Å². The fourth-order valence-electron chi connectivity index (χ4n) is 5.16. The molecule has 4 heterocycles. The summed E-state index contributed by atoms with van der Waals surface area (Å²) < 4.78 is 38.0. The zero-order chi connectivity index (χ0) is 27.4. The van der Waals surface area contributed by atoms with Gasteiger partial charge in [0.05, 0.1) is 42.9 Å². The van der Waals surface area contributed by atoms with Crippen LogP contribution in [0.5, 0.6) is 0 Å². The number of carbonyl (C=O) groups excluding carboxylic acids is 2. The van der Waals surface area contributed by atoms with Crippen LogP contribution in [0.4, 0.5) is 0 Å². The molecule has 5 rings (SSSR count). The number of carbonyl (C=O) groups is 2. The second-order valence-corrected chi connectivity index (χ2v) is 11.6. The van der Waals surface area contributed by atoms with E-state index in [2.05, 4.69) is 9.88 Å². The summed E-state index contributed by atoms with van der Waals surface area (Å²) in [6.07, 6.45) is 3.83. The average Bonchev–Trinajstić information content (AvgIpc) is 3.23. The van der Waals surface area contributed by atoms with Gasteiger partial charge in [-0.05, 0) is 42.3 Å². The summed E-state index contributed by atoms with van der Waals surface area (Å²) in [5.74, 6) is -1.81. The third-order valence-electron chi connectivity index (χ3n) is 7.25. The maximum atomic E-state index is 13.2. The van der Waals surface area contributed by atoms with Gasteiger partial charge >= 0.3 is 0 Å². The lowest BCUT2D eigenvalue weighted by molar-refractivity contribution is -0.140. The van der Waals surface area contributed by atoms with Crippen LogP contribution in [0.25, 0.3) is 5.76 Å². The highest BCUT2D eigenvalue weighted by Gasteiger charge is 2.46. The molecule has 11 nitrogen and oxygen atoms in total. The molecule has 1 aromatic carbocycles. The number of sulfonamides is 1. The predicted molar refractivity (Wildman–Crippen MR) is 141 cm³/mol. The van der Waals surface area contributed by atoms with Crippen LogP contribution >= 0.6 is 0 Å². The van der Waals surface area contributed by atoms with Gasteiger partial charge in [-0.25, -0.2) is 8.42 Å². The Balaban J connectivity index is 1.42. The van der Waals surface area contributed by atoms with Crippen molar-refractivity contribution in [2.45, 2.75) is 17.4 Å². The first-order chi connectivity index (χ1) is 18.9. The Bertz CT molecular complexity index is 1320. The molecule has 0 spiro atoms. The highest BCUT2D eigenvalue weighted by Crippen LogP contribution is 2.39. The summed E-state index contributed by atoms with van der Waals surface area (Å²) >= 11 is 0. The predicted octanol–water partition coefficient (Wildman–Crippen LogP) is 1.25. The van der Waals surface area contributed by atoms with Crippen molar-refractivity contribution in [3.05, 3.63) is 65.5 Å². The van der Waals surface area contributed by atoms with E-state index >= 15 is 0 Å². The number of Topliss-reactive ketones (excluding diaryl/α,β-unsaturated/α-hetero) is 1. The number of hydrogen-bond donors (Lipinski definition) is 1. The largest absolute Gasteiger partial charge is 0.507 e. The summed E-state index contributed by atoms with van der Waals surface area (Å²) in [7, 11) is -3.72. The number of rotatable bonds is 8. The van der Waals surface area contributed by atoms with Gasteiger partial charge < -0.3 is 19.5 Å². The minimum atomic E-state index is -3.72. The second kappa shape index (κ2) is 11.9. The van der Waals surface area contributed by atoms with Gasteiger partial charge in [-0.2, -0.15) is 4.31 Å². The van der Waals surface area contributed by atoms with E-state index in [0.717, 1.165) is 19.6 Å². The van der Waals surface area contributed by atoms with E-state index in [1.54, 1.807) is 24.5 Å². The summed E-state index contributed by atoms with van der Waals surface area (Å²) in [5, 5.41) is 11.3. The van der Waals surface area contributed by atoms with Gasteiger partial charge in [-0.1, -0.05) is 6.07 Å². The van der Waals surface area contributed by atoms with Gasteiger partial charge in [0, 0.05) is 57.2 Å². The smallest absolute Gasteiger partial charge is 0.295 e. The van der Waals surface area contributed by atoms with Crippen molar-refractivity contribution < 1.29 is 32.6 Å². The summed E-state index contributed by atoms with van der Waals surface area (Å²) in [5.41, 5.74) is 0.815. The van der Waals surface area contributed by atoms with Crippen LogP contribution in [0.3, 0.4) is 0 Å². The summed E-state index contributed by atoms with van der Waals surface area (Å²) in [6.45, 7) is 5.27. The fraction of sp³-hybridized carbons (Fsp3) is 0.444. The number of hydrogen-bond acceptors (Lipinski definition) is 9. The summed E-state index contributed by atoms with van der Waals surface area (Å²) in [6, 6.07) is 8.39. The third-order valence-corrected chi connectivity index (χ3v) is 9.17. The number of morpholine rings is 2. The van der Waals surface area contributed by atoms with Crippen LogP contribution in [0.2, 0.25) is 0 Å². The fourth-order valence-corrected chi connectivity index (χ4v) is 6.57. The number of pyridine rings is 1. The van der Waals surface area contributed by atoms with E-state index in [0.29, 0.717) is 45.0 Å². The zero-order valence-electron chi connectivity index (χ0n) is 21.6. The maximum absolute atomic E-state index is 13.2. The molecule has 0 saturated carbocycles. The SMILES string of the molecule is O=C1C(=O)N(CCCN2CCOCC2)[C@@H](c2cccnc2)C1=C(O)c1ccc(S(=O)(=O)N2CCOCC2)cc1. The molecule has 0 bridgehead atoms. The van der Waals surface area contributed by atoms with Crippen LogP contribution in [-0.4, -0.2) is 110 Å². The molecule has 12 heteroatoms. The molecule has 3 aliphatic heterocycles. The quantitative estimate of drug-likeness (QED) is 0.290. The minimum Gasteiger partial charge on any atom is -0.507 e. The molecule has 0 unspecified atom stereocenters. The zero-order valence-corrected chi connectivity index (χ0v) is 22.4. The van der Waals surface area contributed by atoms with Gasteiger partial charge in [0.25, 0.3) is 11.7 Å². The number of aliphatic hydroxyl groups excluding tert-OH is 1. The molecule has 3 fully saturated rings. The molecule has 3 saturated heterocycles. The first-order valence-corrected chi connectivity index (χ1v) is 14.5. The normalized spacial score (nSPS) is 22.9. The third kappa shape index (κ3) is 5.75. The van der Waals surface area contributed by atoms with Crippen molar-refractivity contribution in [1.29, 1.82) is 0 Å². The standard InChI is InChI=1S/C27H32N4O7S/c32-25(20-4-6-22(7-5-20)39(35,36)30-13-17-38-18-14-30)23-24(21-3-1-8-28-19-21)31(27(34)26(23)33)10-2-9-29-11-15-37-16-12-29/h1,3-8,19,24,32H,2,9-18H2/t24-/m0/s1. The lowest BCUT2D eigenvalue weighted by Crippen LogP contribution is -2.40.